The van der Waals surface area contributed by atoms with Gasteiger partial charge in [-0.15, -0.1) is 10.2 Å². The summed E-state index contributed by atoms with van der Waals surface area (Å²) in [4.78, 5) is 31.2. The molecule has 0 fully saturated rings. The Morgan fingerprint density at radius 3 is 2.50 bits per heavy atom. The minimum absolute atomic E-state index is 0.148. The number of esters is 1. The number of fused-ring (bicyclic) bond motifs is 1. The summed E-state index contributed by atoms with van der Waals surface area (Å²) in [5, 5.41) is 10.1. The number of hydrogen-bond donors (Lipinski definition) is 2. The first kappa shape index (κ1) is 19.3. The van der Waals surface area contributed by atoms with Gasteiger partial charge in [0.15, 0.2) is 5.52 Å². The zero-order valence-corrected chi connectivity index (χ0v) is 16.4. The number of aromatic amines is 2. The second-order valence-corrected chi connectivity index (χ2v) is 6.35. The van der Waals surface area contributed by atoms with Gasteiger partial charge in [0.1, 0.15) is 11.6 Å². The summed E-state index contributed by atoms with van der Waals surface area (Å²) in [6, 6.07) is 12.7. The fourth-order valence-electron chi connectivity index (χ4n) is 3.07. The first-order valence-corrected chi connectivity index (χ1v) is 9.46. The van der Waals surface area contributed by atoms with E-state index in [1.165, 1.54) is 0 Å². The first-order chi connectivity index (χ1) is 14.6. The van der Waals surface area contributed by atoms with Crippen molar-refractivity contribution in [1.29, 1.82) is 0 Å². The van der Waals surface area contributed by atoms with Crippen molar-refractivity contribution in [2.45, 2.75) is 13.8 Å². The van der Waals surface area contributed by atoms with E-state index < -0.39 is 0 Å². The third kappa shape index (κ3) is 3.64. The van der Waals surface area contributed by atoms with Crippen LogP contribution in [0.1, 0.15) is 24.2 Å². The molecule has 0 bridgehead atoms. The third-order valence-electron chi connectivity index (χ3n) is 4.46. The van der Waals surface area contributed by atoms with Crippen molar-refractivity contribution in [3.05, 3.63) is 58.4 Å². The number of H-pyrrole nitrogens is 2. The molecular formula is C21H19N5O4. The van der Waals surface area contributed by atoms with Crippen LogP contribution in [0.2, 0.25) is 0 Å². The maximum absolute atomic E-state index is 12.2. The van der Waals surface area contributed by atoms with Gasteiger partial charge in [-0.1, -0.05) is 18.2 Å². The molecule has 0 saturated carbocycles. The molecule has 2 heterocycles. The van der Waals surface area contributed by atoms with Crippen LogP contribution in [0.5, 0.6) is 5.75 Å². The largest absolute Gasteiger partial charge is 0.493 e. The van der Waals surface area contributed by atoms with Gasteiger partial charge in [-0.25, -0.2) is 9.78 Å². The number of nitrogens with one attached hydrogen (secondary N) is 2. The van der Waals surface area contributed by atoms with Crippen molar-refractivity contribution in [3.8, 4) is 28.3 Å². The highest BCUT2D eigenvalue weighted by molar-refractivity contribution is 5.90. The highest BCUT2D eigenvalue weighted by Gasteiger charge is 2.15. The van der Waals surface area contributed by atoms with Gasteiger partial charge < -0.3 is 14.5 Å². The summed E-state index contributed by atoms with van der Waals surface area (Å²) in [6.07, 6.45) is 0. The van der Waals surface area contributed by atoms with Gasteiger partial charge in [0.05, 0.1) is 24.3 Å². The molecular weight excluding hydrogens is 386 g/mol. The van der Waals surface area contributed by atoms with Crippen LogP contribution in [0.15, 0.2) is 47.3 Å². The number of carbonyl (C=O) groups is 1. The maximum atomic E-state index is 12.2. The van der Waals surface area contributed by atoms with Gasteiger partial charge in [0, 0.05) is 0 Å². The van der Waals surface area contributed by atoms with Crippen LogP contribution in [0.4, 0.5) is 0 Å². The second-order valence-electron chi connectivity index (χ2n) is 6.35. The van der Waals surface area contributed by atoms with Crippen molar-refractivity contribution >= 4 is 17.1 Å². The van der Waals surface area contributed by atoms with Gasteiger partial charge >= 0.3 is 5.97 Å². The Bertz CT molecular complexity index is 1260. The molecule has 0 atom stereocenters. The molecule has 4 rings (SSSR count). The topological polar surface area (TPSA) is 123 Å². The Labute approximate surface area is 171 Å². The van der Waals surface area contributed by atoms with Crippen LogP contribution in [-0.2, 0) is 4.74 Å². The summed E-state index contributed by atoms with van der Waals surface area (Å²) in [5.74, 6) is 0.553. The van der Waals surface area contributed by atoms with Gasteiger partial charge in [0.25, 0.3) is 5.56 Å². The molecule has 9 nitrogen and oxygen atoms in total. The van der Waals surface area contributed by atoms with Crippen LogP contribution in [-0.4, -0.2) is 44.6 Å². The molecule has 0 unspecified atom stereocenters. The van der Waals surface area contributed by atoms with Gasteiger partial charge in [-0.05, 0) is 49.2 Å². The van der Waals surface area contributed by atoms with Crippen LogP contribution in [0, 0.1) is 0 Å². The standard InChI is InChI=1S/C21H19N5O4/c1-3-29-16-11-14(12-5-7-13(8-6-12)21(28)30-4-2)9-10-15(16)18-22-19-17(20(27)23-18)24-26-25-19/h5-11H,3-4H2,1-2H3,(H2,22,23,24,25,26,27). The lowest BCUT2D eigenvalue weighted by molar-refractivity contribution is 0.0526. The van der Waals surface area contributed by atoms with Crippen LogP contribution in [0.25, 0.3) is 33.7 Å². The van der Waals surface area contributed by atoms with Crippen LogP contribution >= 0.6 is 0 Å². The predicted molar refractivity (Wildman–Crippen MR) is 110 cm³/mol. The number of hydrogen-bond acceptors (Lipinski definition) is 7. The van der Waals surface area contributed by atoms with Gasteiger partial charge in [-0.3, -0.25) is 4.79 Å². The van der Waals surface area contributed by atoms with E-state index in [0.717, 1.165) is 11.1 Å². The molecule has 0 radical (unpaired) electrons. The normalized spacial score (nSPS) is 10.9. The van der Waals surface area contributed by atoms with Crippen molar-refractivity contribution in [2.75, 3.05) is 13.2 Å². The third-order valence-corrected chi connectivity index (χ3v) is 4.46. The Hall–Kier alpha value is -4.01. The fourth-order valence-corrected chi connectivity index (χ4v) is 3.07. The van der Waals surface area contributed by atoms with Crippen LogP contribution < -0.4 is 10.3 Å². The van der Waals surface area contributed by atoms with Gasteiger partial charge in [-0.2, -0.15) is 5.21 Å². The quantitative estimate of drug-likeness (QED) is 0.473. The number of aromatic nitrogens is 5. The lowest BCUT2D eigenvalue weighted by atomic mass is 10.0. The first-order valence-electron chi connectivity index (χ1n) is 9.46. The molecule has 30 heavy (non-hydrogen) atoms. The predicted octanol–water partition coefficient (Wildman–Crippen LogP) is 2.95. The molecule has 2 aromatic carbocycles. The SMILES string of the molecule is CCOC(=O)c1ccc(-c2ccc(-c3nc4n[nH]nc4c(=O)[nH]3)c(OCC)c2)cc1. The summed E-state index contributed by atoms with van der Waals surface area (Å²) in [6.45, 7) is 4.41. The van der Waals surface area contributed by atoms with E-state index in [0.29, 0.717) is 35.9 Å². The molecule has 0 amide bonds. The Morgan fingerprint density at radius 1 is 1.00 bits per heavy atom. The summed E-state index contributed by atoms with van der Waals surface area (Å²) < 4.78 is 10.8. The number of rotatable bonds is 6. The van der Waals surface area contributed by atoms with E-state index >= 15 is 0 Å². The summed E-state index contributed by atoms with van der Waals surface area (Å²) in [5.41, 5.74) is 2.91. The van der Waals surface area contributed by atoms with Crippen LogP contribution in [0.3, 0.4) is 0 Å². The molecule has 4 aromatic rings. The molecule has 0 aliphatic rings. The molecule has 0 saturated heterocycles. The smallest absolute Gasteiger partial charge is 0.338 e. The Kier molecular flexibility index (Phi) is 5.25. The molecule has 2 aromatic heterocycles. The van der Waals surface area contributed by atoms with E-state index in [4.69, 9.17) is 9.47 Å². The molecule has 9 heteroatoms. The van der Waals surface area contributed by atoms with E-state index in [1.807, 2.05) is 37.3 Å². The molecule has 2 N–H and O–H groups in total. The minimum Gasteiger partial charge on any atom is -0.493 e. The lowest BCUT2D eigenvalue weighted by Gasteiger charge is -2.12. The number of benzene rings is 2. The molecule has 152 valence electrons. The zero-order valence-electron chi connectivity index (χ0n) is 16.4. The van der Waals surface area contributed by atoms with Crippen molar-refractivity contribution in [1.82, 2.24) is 25.4 Å². The van der Waals surface area contributed by atoms with E-state index in [2.05, 4.69) is 25.4 Å². The minimum atomic E-state index is -0.384. The Morgan fingerprint density at radius 2 is 1.77 bits per heavy atom. The highest BCUT2D eigenvalue weighted by atomic mass is 16.5. The van der Waals surface area contributed by atoms with Crippen molar-refractivity contribution in [3.63, 3.8) is 0 Å². The van der Waals surface area contributed by atoms with E-state index in [-0.39, 0.29) is 22.7 Å². The number of ether oxygens (including phenoxy) is 2. The maximum Gasteiger partial charge on any atom is 0.338 e. The number of nitrogens with zero attached hydrogens (tertiary/aromatic N) is 3. The second kappa shape index (κ2) is 8.16. The summed E-state index contributed by atoms with van der Waals surface area (Å²) >= 11 is 0. The molecule has 0 spiro atoms. The lowest BCUT2D eigenvalue weighted by Crippen LogP contribution is -2.10. The van der Waals surface area contributed by atoms with Gasteiger partial charge in [0.2, 0.25) is 5.65 Å². The monoisotopic (exact) mass is 405 g/mol. The Balaban J connectivity index is 1.73. The van der Waals surface area contributed by atoms with Crippen molar-refractivity contribution in [2.24, 2.45) is 0 Å². The van der Waals surface area contributed by atoms with Crippen molar-refractivity contribution < 1.29 is 14.3 Å². The highest BCUT2D eigenvalue weighted by Crippen LogP contribution is 2.33. The zero-order chi connectivity index (χ0) is 21.1. The average Bonchev–Trinajstić information content (AvgIpc) is 3.24. The molecule has 0 aliphatic heterocycles. The van der Waals surface area contributed by atoms with E-state index in [1.54, 1.807) is 19.1 Å². The van der Waals surface area contributed by atoms with E-state index in [9.17, 15) is 9.59 Å². The fraction of sp³-hybridized carbons (Fsp3) is 0.190. The number of carbonyl (C=O) groups excluding carboxylic acids is 1. The molecule has 0 aliphatic carbocycles. The average molecular weight is 405 g/mol. The summed E-state index contributed by atoms with van der Waals surface area (Å²) in [7, 11) is 0.